The quantitative estimate of drug-likeness (QED) is 0.579. The van der Waals surface area contributed by atoms with E-state index in [1.165, 1.54) is 5.56 Å². The number of nitrogens with one attached hydrogen (secondary N) is 1. The predicted octanol–water partition coefficient (Wildman–Crippen LogP) is 4.67. The van der Waals surface area contributed by atoms with Crippen molar-refractivity contribution in [1.82, 2.24) is 19.4 Å². The highest BCUT2D eigenvalue weighted by molar-refractivity contribution is 5.89. The van der Waals surface area contributed by atoms with E-state index in [1.54, 1.807) is 4.57 Å². The number of aryl methyl sites for hydroxylation is 1. The molecule has 7 heteroatoms. The second-order valence-corrected chi connectivity index (χ2v) is 8.98. The Hall–Kier alpha value is -3.19. The molecule has 2 aromatic carbocycles. The molecular formula is C27H35N5O2. The van der Waals surface area contributed by atoms with Gasteiger partial charge in [0.05, 0.1) is 16.9 Å². The van der Waals surface area contributed by atoms with Crippen LogP contribution in [0.4, 0.5) is 10.5 Å². The molecule has 180 valence electrons. The molecule has 3 aromatic rings. The van der Waals surface area contributed by atoms with Crippen molar-refractivity contribution in [2.24, 2.45) is 0 Å². The molecule has 1 aliphatic heterocycles. The first kappa shape index (κ1) is 24.0. The van der Waals surface area contributed by atoms with Crippen molar-refractivity contribution in [3.63, 3.8) is 0 Å². The van der Waals surface area contributed by atoms with Gasteiger partial charge in [0, 0.05) is 37.9 Å². The fourth-order valence-electron chi connectivity index (χ4n) is 4.94. The number of anilines is 1. The van der Waals surface area contributed by atoms with Gasteiger partial charge in [-0.15, -0.1) is 0 Å². The summed E-state index contributed by atoms with van der Waals surface area (Å²) in [6.07, 6.45) is 1.82. The van der Waals surface area contributed by atoms with E-state index in [-0.39, 0.29) is 23.7 Å². The lowest BCUT2D eigenvalue weighted by molar-refractivity contribution is 0.0718. The van der Waals surface area contributed by atoms with Gasteiger partial charge >= 0.3 is 6.03 Å². The van der Waals surface area contributed by atoms with Gasteiger partial charge in [-0.1, -0.05) is 38.1 Å². The number of rotatable bonds is 6. The number of para-hydroxylation sites is 1. The lowest BCUT2D eigenvalue weighted by Crippen LogP contribution is -2.56. The van der Waals surface area contributed by atoms with Crippen LogP contribution in [0.15, 0.2) is 53.3 Å². The van der Waals surface area contributed by atoms with Gasteiger partial charge in [-0.3, -0.25) is 14.3 Å². The number of hydrogen-bond acceptors (Lipinski definition) is 4. The van der Waals surface area contributed by atoms with E-state index in [0.29, 0.717) is 18.5 Å². The highest BCUT2D eigenvalue weighted by Gasteiger charge is 2.33. The summed E-state index contributed by atoms with van der Waals surface area (Å²) in [7, 11) is 0. The number of aromatic nitrogens is 2. The van der Waals surface area contributed by atoms with Gasteiger partial charge in [-0.25, -0.2) is 9.78 Å². The maximum absolute atomic E-state index is 13.1. The third kappa shape index (κ3) is 4.71. The fraction of sp³-hybridized carbons (Fsp3) is 0.444. The van der Waals surface area contributed by atoms with Crippen LogP contribution in [0.2, 0.25) is 0 Å². The van der Waals surface area contributed by atoms with Crippen LogP contribution < -0.4 is 10.9 Å². The van der Waals surface area contributed by atoms with Gasteiger partial charge in [-0.2, -0.15) is 0 Å². The maximum Gasteiger partial charge on any atom is 0.322 e. The Morgan fingerprint density at radius 3 is 2.47 bits per heavy atom. The van der Waals surface area contributed by atoms with Gasteiger partial charge in [0.2, 0.25) is 0 Å². The number of nitrogens with zero attached hydrogens (tertiary/aromatic N) is 4. The van der Waals surface area contributed by atoms with Crippen LogP contribution in [0, 0.1) is 0 Å². The second-order valence-electron chi connectivity index (χ2n) is 8.98. The van der Waals surface area contributed by atoms with E-state index in [2.05, 4.69) is 31.0 Å². The zero-order valence-electron chi connectivity index (χ0n) is 20.6. The summed E-state index contributed by atoms with van der Waals surface area (Å²) in [6, 6.07) is 15.6. The first-order valence-electron chi connectivity index (χ1n) is 12.4. The summed E-state index contributed by atoms with van der Waals surface area (Å²) in [5.41, 5.74) is 2.82. The number of piperazine rings is 1. The number of benzene rings is 2. The number of fused-ring (bicyclic) bond motifs is 1. The molecule has 7 nitrogen and oxygen atoms in total. The van der Waals surface area contributed by atoms with E-state index < -0.39 is 0 Å². The molecule has 0 radical (unpaired) electrons. The zero-order valence-corrected chi connectivity index (χ0v) is 20.6. The molecule has 4 rings (SSSR count). The molecule has 0 saturated carbocycles. The lowest BCUT2D eigenvalue weighted by Gasteiger charge is -2.43. The first-order chi connectivity index (χ1) is 16.5. The van der Waals surface area contributed by atoms with Crippen LogP contribution in [-0.4, -0.2) is 51.1 Å². The molecule has 1 fully saturated rings. The molecule has 0 bridgehead atoms. The van der Waals surface area contributed by atoms with Crippen molar-refractivity contribution >= 4 is 22.6 Å². The number of carbonyl (C=O) groups excluding carboxylic acids is 1. The van der Waals surface area contributed by atoms with Crippen LogP contribution in [-0.2, 0) is 13.0 Å². The third-order valence-electron chi connectivity index (χ3n) is 6.87. The van der Waals surface area contributed by atoms with Crippen molar-refractivity contribution in [3.05, 3.63) is 70.3 Å². The first-order valence-corrected chi connectivity index (χ1v) is 12.4. The van der Waals surface area contributed by atoms with Crippen LogP contribution >= 0.6 is 0 Å². The molecule has 1 aliphatic rings. The molecule has 1 N–H and O–H groups in total. The Bertz CT molecular complexity index is 1200. The summed E-state index contributed by atoms with van der Waals surface area (Å²) in [5, 5.41) is 3.70. The van der Waals surface area contributed by atoms with Crippen LogP contribution in [0.3, 0.4) is 0 Å². The van der Waals surface area contributed by atoms with Crippen molar-refractivity contribution < 1.29 is 4.79 Å². The minimum absolute atomic E-state index is 0.0155. The largest absolute Gasteiger partial charge is 0.322 e. The monoisotopic (exact) mass is 461 g/mol. The third-order valence-corrected chi connectivity index (χ3v) is 6.87. The number of amides is 2. The molecule has 0 aliphatic carbocycles. The molecule has 34 heavy (non-hydrogen) atoms. The van der Waals surface area contributed by atoms with Gasteiger partial charge in [0.1, 0.15) is 5.82 Å². The minimum Gasteiger partial charge on any atom is -0.319 e. The Labute approximate surface area is 201 Å². The Morgan fingerprint density at radius 1 is 1.09 bits per heavy atom. The highest BCUT2D eigenvalue weighted by atomic mass is 16.2. The van der Waals surface area contributed by atoms with Gasteiger partial charge in [0.15, 0.2) is 0 Å². The number of hydrogen-bond donors (Lipinski definition) is 1. The van der Waals surface area contributed by atoms with E-state index in [1.807, 2.05) is 60.4 Å². The van der Waals surface area contributed by atoms with E-state index in [0.717, 1.165) is 43.0 Å². The van der Waals surface area contributed by atoms with E-state index in [9.17, 15) is 9.59 Å². The SMILES string of the molecule is CCc1ccc(NC(=O)N2CCN(C(CC)c3nc4ccccc4c(=O)n3CC)CC2C)cc1. The molecule has 2 heterocycles. The summed E-state index contributed by atoms with van der Waals surface area (Å²) in [4.78, 5) is 35.3. The lowest BCUT2D eigenvalue weighted by atomic mass is 10.1. The van der Waals surface area contributed by atoms with Crippen LogP contribution in [0.25, 0.3) is 10.9 Å². The molecular weight excluding hydrogens is 426 g/mol. The average molecular weight is 462 g/mol. The van der Waals surface area contributed by atoms with Crippen molar-refractivity contribution in [1.29, 1.82) is 0 Å². The summed E-state index contributed by atoms with van der Waals surface area (Å²) >= 11 is 0. The van der Waals surface area contributed by atoms with Crippen LogP contribution in [0.1, 0.15) is 51.5 Å². The fourth-order valence-corrected chi connectivity index (χ4v) is 4.94. The molecule has 1 saturated heterocycles. The molecule has 2 unspecified atom stereocenters. The van der Waals surface area contributed by atoms with Gasteiger partial charge in [-0.05, 0) is 56.5 Å². The topological polar surface area (TPSA) is 70.5 Å². The number of urea groups is 1. The van der Waals surface area contributed by atoms with E-state index in [4.69, 9.17) is 4.98 Å². The normalized spacial score (nSPS) is 17.6. The van der Waals surface area contributed by atoms with Crippen molar-refractivity contribution in [3.8, 4) is 0 Å². The molecule has 2 amide bonds. The summed E-state index contributed by atoms with van der Waals surface area (Å²) in [6.45, 7) is 11.0. The molecule has 1 aromatic heterocycles. The Kier molecular flexibility index (Phi) is 7.32. The van der Waals surface area contributed by atoms with E-state index >= 15 is 0 Å². The summed E-state index contributed by atoms with van der Waals surface area (Å²) < 4.78 is 1.81. The van der Waals surface area contributed by atoms with Crippen molar-refractivity contribution in [2.75, 3.05) is 25.0 Å². The average Bonchev–Trinajstić information content (AvgIpc) is 2.85. The smallest absolute Gasteiger partial charge is 0.319 e. The highest BCUT2D eigenvalue weighted by Crippen LogP contribution is 2.27. The molecule has 2 atom stereocenters. The minimum atomic E-state index is -0.0706. The zero-order chi connectivity index (χ0) is 24.2. The Morgan fingerprint density at radius 2 is 1.82 bits per heavy atom. The van der Waals surface area contributed by atoms with Gasteiger partial charge < -0.3 is 10.2 Å². The Balaban J connectivity index is 1.51. The number of carbonyl (C=O) groups is 1. The standard InChI is InChI=1S/C27H35N5O2/c1-5-20-12-14-21(15-13-20)28-27(34)32-17-16-30(18-19(32)4)24(6-2)25-29-23-11-9-8-10-22(23)26(33)31(25)7-3/h8-15,19,24H,5-7,16-18H2,1-4H3,(H,28,34). The van der Waals surface area contributed by atoms with Gasteiger partial charge in [0.25, 0.3) is 5.56 Å². The van der Waals surface area contributed by atoms with Crippen molar-refractivity contribution in [2.45, 2.75) is 59.2 Å². The van der Waals surface area contributed by atoms with Crippen LogP contribution in [0.5, 0.6) is 0 Å². The maximum atomic E-state index is 13.1. The summed E-state index contributed by atoms with van der Waals surface area (Å²) in [5.74, 6) is 0.815. The second kappa shape index (κ2) is 10.4. The molecule has 0 spiro atoms. The predicted molar refractivity (Wildman–Crippen MR) is 137 cm³/mol.